The van der Waals surface area contributed by atoms with Gasteiger partial charge in [0, 0.05) is 38.8 Å². The molecule has 1 saturated heterocycles. The molecule has 0 N–H and O–H groups in total. The molecule has 0 aliphatic carbocycles. The maximum absolute atomic E-state index is 5.58. The fraction of sp³-hybridized carbons (Fsp3) is 1.00. The number of piperazine rings is 1. The van der Waals surface area contributed by atoms with Crippen molar-refractivity contribution >= 4 is 0 Å². The third-order valence-corrected chi connectivity index (χ3v) is 3.37. The van der Waals surface area contributed by atoms with Crippen molar-refractivity contribution in [1.29, 1.82) is 0 Å². The van der Waals surface area contributed by atoms with Crippen LogP contribution in [0.1, 0.15) is 27.7 Å². The predicted octanol–water partition coefficient (Wildman–Crippen LogP) is 1.45. The average molecular weight is 258 g/mol. The molecule has 1 fully saturated rings. The van der Waals surface area contributed by atoms with Gasteiger partial charge in [0.2, 0.25) is 0 Å². The van der Waals surface area contributed by atoms with Crippen LogP contribution in [0.15, 0.2) is 0 Å². The predicted molar refractivity (Wildman–Crippen MR) is 75.1 cm³/mol. The van der Waals surface area contributed by atoms with E-state index in [0.717, 1.165) is 13.2 Å². The van der Waals surface area contributed by atoms with Gasteiger partial charge >= 0.3 is 0 Å². The molecule has 1 heterocycles. The molecule has 1 rings (SSSR count). The molecule has 1 aliphatic heterocycles. The van der Waals surface area contributed by atoms with E-state index in [9.17, 15) is 0 Å². The number of rotatable bonds is 8. The zero-order valence-corrected chi connectivity index (χ0v) is 12.5. The Morgan fingerprint density at radius 3 is 2.11 bits per heavy atom. The third-order valence-electron chi connectivity index (χ3n) is 3.37. The van der Waals surface area contributed by atoms with Gasteiger partial charge in [-0.2, -0.15) is 0 Å². The van der Waals surface area contributed by atoms with Crippen LogP contribution in [0.5, 0.6) is 0 Å². The van der Waals surface area contributed by atoms with E-state index >= 15 is 0 Å². The highest BCUT2D eigenvalue weighted by Crippen LogP contribution is 2.05. The van der Waals surface area contributed by atoms with E-state index in [1.807, 2.05) is 13.8 Å². The van der Waals surface area contributed by atoms with Crippen molar-refractivity contribution in [2.24, 2.45) is 0 Å². The minimum atomic E-state index is 0.303. The first-order valence-corrected chi connectivity index (χ1v) is 7.25. The van der Waals surface area contributed by atoms with Crippen molar-refractivity contribution in [2.75, 3.05) is 52.5 Å². The second kappa shape index (κ2) is 8.86. The topological polar surface area (TPSA) is 24.9 Å². The van der Waals surface area contributed by atoms with Gasteiger partial charge in [-0.1, -0.05) is 0 Å². The van der Waals surface area contributed by atoms with Gasteiger partial charge in [-0.15, -0.1) is 0 Å². The summed E-state index contributed by atoms with van der Waals surface area (Å²) < 4.78 is 11.0. The smallest absolute Gasteiger partial charge is 0.0703 e. The van der Waals surface area contributed by atoms with Gasteiger partial charge in [0.1, 0.15) is 0 Å². The largest absolute Gasteiger partial charge is 0.378 e. The van der Waals surface area contributed by atoms with E-state index in [1.165, 1.54) is 26.2 Å². The molecular weight excluding hydrogens is 228 g/mol. The normalized spacial score (nSPS) is 19.0. The third kappa shape index (κ3) is 6.69. The van der Waals surface area contributed by atoms with E-state index in [-0.39, 0.29) is 0 Å². The van der Waals surface area contributed by atoms with Crippen LogP contribution in [-0.4, -0.2) is 74.5 Å². The molecule has 0 amide bonds. The first-order chi connectivity index (χ1) is 8.59. The van der Waals surface area contributed by atoms with Gasteiger partial charge in [0.15, 0.2) is 0 Å². The maximum atomic E-state index is 5.58. The first kappa shape index (κ1) is 15.9. The van der Waals surface area contributed by atoms with Gasteiger partial charge < -0.3 is 9.47 Å². The Hall–Kier alpha value is -0.160. The lowest BCUT2D eigenvalue weighted by atomic mass is 10.2. The van der Waals surface area contributed by atoms with Gasteiger partial charge in [-0.05, 0) is 27.7 Å². The van der Waals surface area contributed by atoms with Crippen molar-refractivity contribution in [1.82, 2.24) is 9.80 Å². The van der Waals surface area contributed by atoms with Crippen LogP contribution in [0, 0.1) is 0 Å². The summed E-state index contributed by atoms with van der Waals surface area (Å²) in [7, 11) is 0. The van der Waals surface area contributed by atoms with E-state index in [2.05, 4.69) is 23.6 Å². The maximum Gasteiger partial charge on any atom is 0.0703 e. The molecule has 0 spiro atoms. The van der Waals surface area contributed by atoms with Gasteiger partial charge in [0.25, 0.3) is 0 Å². The van der Waals surface area contributed by atoms with Crippen LogP contribution < -0.4 is 0 Å². The lowest BCUT2D eigenvalue weighted by molar-refractivity contribution is 0.00937. The second-order valence-corrected chi connectivity index (χ2v) is 5.50. The molecule has 4 nitrogen and oxygen atoms in total. The van der Waals surface area contributed by atoms with Crippen LogP contribution in [0.4, 0.5) is 0 Å². The van der Waals surface area contributed by atoms with Crippen LogP contribution in [0.25, 0.3) is 0 Å². The monoisotopic (exact) mass is 258 g/mol. The quantitative estimate of drug-likeness (QED) is 0.615. The van der Waals surface area contributed by atoms with Crippen molar-refractivity contribution in [3.8, 4) is 0 Å². The Bertz CT molecular complexity index is 202. The Morgan fingerprint density at radius 2 is 1.56 bits per heavy atom. The average Bonchev–Trinajstić information content (AvgIpc) is 2.34. The molecule has 1 aliphatic rings. The molecule has 0 aromatic carbocycles. The van der Waals surface area contributed by atoms with Crippen molar-refractivity contribution in [3.63, 3.8) is 0 Å². The van der Waals surface area contributed by atoms with Crippen LogP contribution >= 0.6 is 0 Å². The summed E-state index contributed by atoms with van der Waals surface area (Å²) in [6, 6.07) is 0.677. The first-order valence-electron chi connectivity index (χ1n) is 7.25. The zero-order valence-electron chi connectivity index (χ0n) is 12.5. The summed E-state index contributed by atoms with van der Waals surface area (Å²) in [6.45, 7) is 16.7. The lowest BCUT2D eigenvalue weighted by Gasteiger charge is -2.36. The van der Waals surface area contributed by atoms with Crippen LogP contribution in [0.3, 0.4) is 0 Å². The number of hydrogen-bond donors (Lipinski definition) is 0. The fourth-order valence-electron chi connectivity index (χ4n) is 2.14. The standard InChI is InChI=1S/C14H30N2O2/c1-13(2)16-7-5-15(6-8-16)9-10-17-11-12-18-14(3)4/h13-14H,5-12H2,1-4H3. The minimum absolute atomic E-state index is 0.303. The Labute approximate surface area is 112 Å². The minimum Gasteiger partial charge on any atom is -0.378 e. The van der Waals surface area contributed by atoms with E-state index in [4.69, 9.17) is 9.47 Å². The molecule has 0 aromatic rings. The van der Waals surface area contributed by atoms with E-state index in [0.29, 0.717) is 25.4 Å². The van der Waals surface area contributed by atoms with Crippen LogP contribution in [-0.2, 0) is 9.47 Å². The molecule has 0 aromatic heterocycles. The van der Waals surface area contributed by atoms with E-state index < -0.39 is 0 Å². The SMILES string of the molecule is CC(C)OCCOCCN1CCN(C(C)C)CC1. The van der Waals surface area contributed by atoms with Gasteiger partial charge in [-0.3, -0.25) is 9.80 Å². The van der Waals surface area contributed by atoms with Gasteiger partial charge in [-0.25, -0.2) is 0 Å². The van der Waals surface area contributed by atoms with Crippen LogP contribution in [0.2, 0.25) is 0 Å². The molecule has 18 heavy (non-hydrogen) atoms. The highest BCUT2D eigenvalue weighted by atomic mass is 16.5. The van der Waals surface area contributed by atoms with E-state index in [1.54, 1.807) is 0 Å². The summed E-state index contributed by atoms with van der Waals surface area (Å²) in [4.78, 5) is 5.02. The Balaban J connectivity index is 1.95. The number of hydrogen-bond acceptors (Lipinski definition) is 4. The Morgan fingerprint density at radius 1 is 0.889 bits per heavy atom. The number of ether oxygens (including phenoxy) is 2. The molecule has 108 valence electrons. The Kier molecular flexibility index (Phi) is 7.82. The van der Waals surface area contributed by atoms with Gasteiger partial charge in [0.05, 0.1) is 25.9 Å². The highest BCUT2D eigenvalue weighted by molar-refractivity contribution is 4.73. The summed E-state index contributed by atoms with van der Waals surface area (Å²) in [5, 5.41) is 0. The zero-order chi connectivity index (χ0) is 13.4. The molecule has 0 unspecified atom stereocenters. The van der Waals surface area contributed by atoms with Crippen molar-refractivity contribution in [3.05, 3.63) is 0 Å². The molecule has 0 bridgehead atoms. The van der Waals surface area contributed by atoms with Crippen molar-refractivity contribution in [2.45, 2.75) is 39.8 Å². The number of nitrogens with zero attached hydrogens (tertiary/aromatic N) is 2. The molecular formula is C14H30N2O2. The molecule has 0 saturated carbocycles. The summed E-state index contributed by atoms with van der Waals surface area (Å²) in [6.07, 6.45) is 0.303. The summed E-state index contributed by atoms with van der Waals surface area (Å²) in [5.41, 5.74) is 0. The highest BCUT2D eigenvalue weighted by Gasteiger charge is 2.17. The fourth-order valence-corrected chi connectivity index (χ4v) is 2.14. The van der Waals surface area contributed by atoms with Crippen molar-refractivity contribution < 1.29 is 9.47 Å². The second-order valence-electron chi connectivity index (χ2n) is 5.50. The lowest BCUT2D eigenvalue weighted by Crippen LogP contribution is -2.49. The summed E-state index contributed by atoms with van der Waals surface area (Å²) in [5.74, 6) is 0. The molecule has 0 radical (unpaired) electrons. The summed E-state index contributed by atoms with van der Waals surface area (Å²) >= 11 is 0. The molecule has 4 heteroatoms. The molecule has 0 atom stereocenters.